The number of benzene rings is 1. The van der Waals surface area contributed by atoms with Crippen LogP contribution in [0, 0.1) is 5.82 Å². The lowest BCUT2D eigenvalue weighted by molar-refractivity contribution is -0.153. The van der Waals surface area contributed by atoms with Crippen molar-refractivity contribution in [3.63, 3.8) is 0 Å². The molecule has 0 radical (unpaired) electrons. The van der Waals surface area contributed by atoms with E-state index < -0.39 is 12.1 Å². The summed E-state index contributed by atoms with van der Waals surface area (Å²) in [5.41, 5.74) is 0.857. The minimum absolute atomic E-state index is 0.161. The highest BCUT2D eigenvalue weighted by Crippen LogP contribution is 2.27. The number of carbonyl (C=O) groups is 1. The number of hydrogen-bond donors (Lipinski definition) is 1. The summed E-state index contributed by atoms with van der Waals surface area (Å²) in [5.74, 6) is -0.972. The highest BCUT2D eigenvalue weighted by Gasteiger charge is 2.21. The molecule has 0 amide bonds. The molecular formula is C15H21FO3. The van der Waals surface area contributed by atoms with E-state index in [2.05, 4.69) is 0 Å². The fourth-order valence-electron chi connectivity index (χ4n) is 2.13. The highest BCUT2D eigenvalue weighted by atomic mass is 19.1. The van der Waals surface area contributed by atoms with Crippen molar-refractivity contribution in [3.8, 4) is 0 Å². The van der Waals surface area contributed by atoms with Crippen LogP contribution in [-0.2, 0) is 9.53 Å². The van der Waals surface area contributed by atoms with Gasteiger partial charge in [0.05, 0.1) is 6.61 Å². The molecule has 1 atom stereocenters. The first-order valence-corrected chi connectivity index (χ1v) is 6.69. The van der Waals surface area contributed by atoms with Crippen LogP contribution in [0.1, 0.15) is 56.8 Å². The maximum absolute atomic E-state index is 14.0. The Labute approximate surface area is 113 Å². The maximum atomic E-state index is 14.0. The van der Waals surface area contributed by atoms with Gasteiger partial charge in [-0.1, -0.05) is 26.0 Å². The van der Waals surface area contributed by atoms with E-state index >= 15 is 0 Å². The second-order valence-corrected chi connectivity index (χ2v) is 4.45. The monoisotopic (exact) mass is 268 g/mol. The zero-order valence-electron chi connectivity index (χ0n) is 11.6. The first kappa shape index (κ1) is 15.6. The van der Waals surface area contributed by atoms with Gasteiger partial charge >= 0.3 is 5.97 Å². The van der Waals surface area contributed by atoms with Crippen molar-refractivity contribution in [2.75, 3.05) is 6.61 Å². The van der Waals surface area contributed by atoms with E-state index in [1.54, 1.807) is 19.1 Å². The predicted molar refractivity (Wildman–Crippen MR) is 71.3 cm³/mol. The van der Waals surface area contributed by atoms with Crippen molar-refractivity contribution in [1.29, 1.82) is 0 Å². The molecule has 4 heteroatoms. The van der Waals surface area contributed by atoms with Gasteiger partial charge in [-0.15, -0.1) is 0 Å². The average molecular weight is 268 g/mol. The lowest BCUT2D eigenvalue weighted by Crippen LogP contribution is -2.16. The fourth-order valence-corrected chi connectivity index (χ4v) is 2.13. The van der Waals surface area contributed by atoms with Crippen molar-refractivity contribution in [2.45, 2.75) is 45.6 Å². The summed E-state index contributed by atoms with van der Waals surface area (Å²) in [6.07, 6.45) is 0.283. The van der Waals surface area contributed by atoms with Crippen LogP contribution in [0.25, 0.3) is 0 Å². The van der Waals surface area contributed by atoms with Gasteiger partial charge in [-0.05, 0) is 42.9 Å². The maximum Gasteiger partial charge on any atom is 0.339 e. The number of hydrogen-bond acceptors (Lipinski definition) is 3. The van der Waals surface area contributed by atoms with Crippen LogP contribution in [0.2, 0.25) is 0 Å². The summed E-state index contributed by atoms with van der Waals surface area (Å²) < 4.78 is 18.7. The third-order valence-electron chi connectivity index (χ3n) is 3.28. The lowest BCUT2D eigenvalue weighted by Gasteiger charge is -2.16. The molecule has 0 aromatic heterocycles. The van der Waals surface area contributed by atoms with Gasteiger partial charge < -0.3 is 9.84 Å². The summed E-state index contributed by atoms with van der Waals surface area (Å²) in [5, 5.41) is 9.75. The Bertz CT molecular complexity index is 427. The molecule has 0 bridgehead atoms. The van der Waals surface area contributed by atoms with Crippen LogP contribution >= 0.6 is 0 Å². The van der Waals surface area contributed by atoms with Gasteiger partial charge in [0.1, 0.15) is 5.82 Å². The molecule has 0 spiro atoms. The predicted octanol–water partition coefficient (Wildman–Crippen LogP) is 3.33. The van der Waals surface area contributed by atoms with Gasteiger partial charge in [-0.3, -0.25) is 0 Å². The molecule has 1 N–H and O–H groups in total. The van der Waals surface area contributed by atoms with Crippen LogP contribution in [0.5, 0.6) is 0 Å². The normalized spacial score (nSPS) is 12.5. The number of carbonyl (C=O) groups excluding carboxylic acids is 1. The SMILES string of the molecule is CCOC(=O)C(O)c1ccc(C(CC)CC)c(F)c1. The van der Waals surface area contributed by atoms with E-state index in [0.717, 1.165) is 12.8 Å². The molecule has 0 saturated heterocycles. The summed E-state index contributed by atoms with van der Waals surface area (Å²) in [4.78, 5) is 11.4. The fraction of sp³-hybridized carbons (Fsp3) is 0.533. The van der Waals surface area contributed by atoms with Crippen LogP contribution < -0.4 is 0 Å². The third kappa shape index (κ3) is 3.77. The second kappa shape index (κ2) is 7.24. The smallest absolute Gasteiger partial charge is 0.339 e. The van der Waals surface area contributed by atoms with Gasteiger partial charge in [0.25, 0.3) is 0 Å². The molecule has 1 aromatic carbocycles. The zero-order valence-corrected chi connectivity index (χ0v) is 11.6. The number of aliphatic hydroxyl groups is 1. The minimum atomic E-state index is -1.43. The van der Waals surface area contributed by atoms with Crippen molar-refractivity contribution >= 4 is 5.97 Å². The quantitative estimate of drug-likeness (QED) is 0.805. The van der Waals surface area contributed by atoms with E-state index in [9.17, 15) is 14.3 Å². The first-order chi connectivity index (χ1) is 9.04. The molecule has 1 rings (SSSR count). The van der Waals surface area contributed by atoms with Crippen LogP contribution in [0.3, 0.4) is 0 Å². The molecule has 1 aromatic rings. The Balaban J connectivity index is 2.96. The molecule has 0 saturated carbocycles. The Kier molecular flexibility index (Phi) is 5.96. The number of ether oxygens (including phenoxy) is 1. The minimum Gasteiger partial charge on any atom is -0.464 e. The Morgan fingerprint density at radius 3 is 2.42 bits per heavy atom. The number of halogens is 1. The molecule has 0 heterocycles. The van der Waals surface area contributed by atoms with Gasteiger partial charge in [-0.25, -0.2) is 9.18 Å². The Morgan fingerprint density at radius 2 is 1.95 bits per heavy atom. The van der Waals surface area contributed by atoms with Gasteiger partial charge in [0, 0.05) is 0 Å². The number of esters is 1. The molecular weight excluding hydrogens is 247 g/mol. The number of aliphatic hydroxyl groups excluding tert-OH is 1. The molecule has 1 unspecified atom stereocenters. The average Bonchev–Trinajstić information content (AvgIpc) is 2.41. The first-order valence-electron chi connectivity index (χ1n) is 6.69. The summed E-state index contributed by atoms with van der Waals surface area (Å²) in [6.45, 7) is 5.86. The summed E-state index contributed by atoms with van der Waals surface area (Å²) in [6, 6.07) is 4.44. The standard InChI is InChI=1S/C15H21FO3/c1-4-10(5-2)12-8-7-11(9-13(12)16)14(17)15(18)19-6-3/h7-10,14,17H,4-6H2,1-3H3. The van der Waals surface area contributed by atoms with E-state index in [0.29, 0.717) is 5.56 Å². The van der Waals surface area contributed by atoms with Crippen molar-refractivity contribution < 1.29 is 19.0 Å². The van der Waals surface area contributed by atoms with E-state index in [1.165, 1.54) is 6.07 Å². The van der Waals surface area contributed by atoms with Crippen LogP contribution in [-0.4, -0.2) is 17.7 Å². The summed E-state index contributed by atoms with van der Waals surface area (Å²) >= 11 is 0. The van der Waals surface area contributed by atoms with Crippen molar-refractivity contribution in [1.82, 2.24) is 0 Å². The lowest BCUT2D eigenvalue weighted by atomic mass is 9.92. The second-order valence-electron chi connectivity index (χ2n) is 4.45. The van der Waals surface area contributed by atoms with Crippen molar-refractivity contribution in [2.24, 2.45) is 0 Å². The Morgan fingerprint density at radius 1 is 1.32 bits per heavy atom. The number of rotatable bonds is 6. The molecule has 19 heavy (non-hydrogen) atoms. The zero-order chi connectivity index (χ0) is 14.4. The van der Waals surface area contributed by atoms with Crippen LogP contribution in [0.4, 0.5) is 4.39 Å². The molecule has 0 aliphatic heterocycles. The Hall–Kier alpha value is -1.42. The molecule has 0 aliphatic carbocycles. The molecule has 0 fully saturated rings. The highest BCUT2D eigenvalue weighted by molar-refractivity contribution is 5.76. The van der Waals surface area contributed by atoms with E-state index in [1.807, 2.05) is 13.8 Å². The van der Waals surface area contributed by atoms with E-state index in [-0.39, 0.29) is 23.9 Å². The van der Waals surface area contributed by atoms with Gasteiger partial charge in [0.2, 0.25) is 0 Å². The summed E-state index contributed by atoms with van der Waals surface area (Å²) in [7, 11) is 0. The molecule has 3 nitrogen and oxygen atoms in total. The van der Waals surface area contributed by atoms with E-state index in [4.69, 9.17) is 4.74 Å². The largest absolute Gasteiger partial charge is 0.464 e. The topological polar surface area (TPSA) is 46.5 Å². The molecule has 106 valence electrons. The van der Waals surface area contributed by atoms with Crippen LogP contribution in [0.15, 0.2) is 18.2 Å². The molecule has 0 aliphatic rings. The third-order valence-corrected chi connectivity index (χ3v) is 3.28. The van der Waals surface area contributed by atoms with Gasteiger partial charge in [0.15, 0.2) is 6.10 Å². The van der Waals surface area contributed by atoms with Gasteiger partial charge in [-0.2, -0.15) is 0 Å². The van der Waals surface area contributed by atoms with Crippen molar-refractivity contribution in [3.05, 3.63) is 35.1 Å².